The first-order chi connectivity index (χ1) is 15.2. The number of esters is 1. The molecule has 0 spiro atoms. The molecule has 0 aromatic heterocycles. The van der Waals surface area contributed by atoms with Crippen LogP contribution < -0.4 is 0 Å². The maximum Gasteiger partial charge on any atom is 0.312 e. The normalized spacial score (nSPS) is 51.6. The van der Waals surface area contributed by atoms with Gasteiger partial charge in [0, 0.05) is 0 Å². The van der Waals surface area contributed by atoms with Crippen LogP contribution in [0.25, 0.3) is 0 Å². The van der Waals surface area contributed by atoms with Crippen LogP contribution in [0.5, 0.6) is 0 Å². The lowest BCUT2D eigenvalue weighted by atomic mass is 9.37. The Hall–Kier alpha value is -0.830. The molecule has 5 aliphatic carbocycles. The van der Waals surface area contributed by atoms with Gasteiger partial charge in [-0.2, -0.15) is 0 Å². The largest absolute Gasteiger partial charge is 0.469 e. The number of fused-ring (bicyclic) bond motifs is 7. The van der Waals surface area contributed by atoms with Crippen molar-refractivity contribution in [2.24, 2.45) is 51.8 Å². The minimum absolute atomic E-state index is 0.0940. The third-order valence-electron chi connectivity index (χ3n) is 11.7. The van der Waals surface area contributed by atoms with Crippen LogP contribution in [0.4, 0.5) is 0 Å². The molecular weight excluding hydrogens is 396 g/mol. The van der Waals surface area contributed by atoms with Gasteiger partial charge in [-0.15, -0.1) is 6.58 Å². The molecule has 10 unspecified atom stereocenters. The predicted octanol–water partition coefficient (Wildman–Crippen LogP) is 6.79. The Bertz CT molecular complexity index is 717. The highest BCUT2D eigenvalue weighted by Crippen LogP contribution is 2.71. The van der Waals surface area contributed by atoms with Gasteiger partial charge >= 0.3 is 5.97 Å². The second-order valence-electron chi connectivity index (χ2n) is 12.6. The Balaban J connectivity index is 0.000000775. The van der Waals surface area contributed by atoms with Gasteiger partial charge in [-0.1, -0.05) is 33.3 Å². The van der Waals surface area contributed by atoms with E-state index in [1.807, 2.05) is 6.92 Å². The lowest BCUT2D eigenvalue weighted by Crippen LogP contribution is -2.61. The number of hydrogen-bond acceptors (Lipinski definition) is 3. The summed E-state index contributed by atoms with van der Waals surface area (Å²) >= 11 is 0. The summed E-state index contributed by atoms with van der Waals surface area (Å²) in [6.45, 7) is 12.8. The Morgan fingerprint density at radius 1 is 0.938 bits per heavy atom. The predicted molar refractivity (Wildman–Crippen MR) is 130 cm³/mol. The summed E-state index contributed by atoms with van der Waals surface area (Å²) in [5.41, 5.74) is 0.647. The van der Waals surface area contributed by atoms with Crippen LogP contribution in [-0.4, -0.2) is 24.3 Å². The summed E-state index contributed by atoms with van der Waals surface area (Å²) in [6, 6.07) is 0. The quantitative estimate of drug-likeness (QED) is 0.358. The molecule has 5 aliphatic rings. The van der Waals surface area contributed by atoms with Crippen molar-refractivity contribution in [2.75, 3.05) is 7.11 Å². The van der Waals surface area contributed by atoms with E-state index in [2.05, 4.69) is 27.4 Å². The lowest BCUT2D eigenvalue weighted by molar-refractivity contribution is -0.200. The van der Waals surface area contributed by atoms with Crippen molar-refractivity contribution in [2.45, 2.75) is 104 Å². The summed E-state index contributed by atoms with van der Waals surface area (Å²) in [5, 5.41) is 10.5. The first kappa shape index (κ1) is 24.3. The highest BCUT2D eigenvalue weighted by atomic mass is 16.5. The first-order valence-electron chi connectivity index (χ1n) is 13.5. The van der Waals surface area contributed by atoms with Gasteiger partial charge in [0.2, 0.25) is 0 Å². The Labute approximate surface area is 196 Å². The molecule has 3 nitrogen and oxygen atoms in total. The smallest absolute Gasteiger partial charge is 0.312 e. The minimum atomic E-state index is -0.163. The zero-order valence-electron chi connectivity index (χ0n) is 21.4. The molecule has 0 aliphatic heterocycles. The average Bonchev–Trinajstić information content (AvgIpc) is 3.22. The molecule has 32 heavy (non-hydrogen) atoms. The third kappa shape index (κ3) is 3.35. The molecule has 1 N–H and O–H groups in total. The van der Waals surface area contributed by atoms with E-state index in [9.17, 15) is 9.90 Å². The van der Waals surface area contributed by atoms with Gasteiger partial charge in [0.05, 0.1) is 18.6 Å². The fourth-order valence-electron chi connectivity index (χ4n) is 10.4. The zero-order valence-corrected chi connectivity index (χ0v) is 21.4. The van der Waals surface area contributed by atoms with Crippen LogP contribution in [0.1, 0.15) is 98.3 Å². The lowest BCUT2D eigenvalue weighted by Gasteiger charge is -2.67. The number of ether oxygens (including phenoxy) is 1. The number of methoxy groups -OCH3 is 1. The topological polar surface area (TPSA) is 46.5 Å². The summed E-state index contributed by atoms with van der Waals surface area (Å²) in [7, 11) is 1.59. The van der Waals surface area contributed by atoms with Gasteiger partial charge in [-0.05, 0) is 117 Å². The standard InChI is InChI=1S/C26H42O3.C3H6/c1-16-18-9-13-25(3)19-10-15-26(23(28)29-4)12-5-6-20(26)17(19)7-8-22(25)24(18,2)14-11-21(16)27;1-3-2/h16-22,27H,5-15H2,1-4H3;3H,1H2,2H3. The van der Waals surface area contributed by atoms with E-state index in [4.69, 9.17) is 4.74 Å². The van der Waals surface area contributed by atoms with Crippen molar-refractivity contribution < 1.29 is 14.6 Å². The molecule has 0 amide bonds. The van der Waals surface area contributed by atoms with Gasteiger partial charge in [-0.25, -0.2) is 0 Å². The molecule has 10 atom stereocenters. The number of rotatable bonds is 1. The van der Waals surface area contributed by atoms with Crippen LogP contribution in [0.15, 0.2) is 12.7 Å². The molecule has 0 heterocycles. The van der Waals surface area contributed by atoms with Crippen molar-refractivity contribution >= 4 is 5.97 Å². The number of aliphatic hydroxyl groups is 1. The molecule has 0 saturated heterocycles. The summed E-state index contributed by atoms with van der Waals surface area (Å²) in [5.74, 6) is 4.08. The van der Waals surface area contributed by atoms with Gasteiger partial charge in [-0.3, -0.25) is 4.79 Å². The second kappa shape index (κ2) is 8.75. The van der Waals surface area contributed by atoms with Crippen molar-refractivity contribution in [3.05, 3.63) is 12.7 Å². The molecule has 5 saturated carbocycles. The van der Waals surface area contributed by atoms with E-state index < -0.39 is 0 Å². The summed E-state index contributed by atoms with van der Waals surface area (Å²) < 4.78 is 5.35. The molecule has 3 heteroatoms. The molecule has 5 rings (SSSR count). The number of aliphatic hydroxyl groups excluding tert-OH is 1. The first-order valence-corrected chi connectivity index (χ1v) is 13.5. The van der Waals surface area contributed by atoms with Crippen LogP contribution >= 0.6 is 0 Å². The second-order valence-corrected chi connectivity index (χ2v) is 12.6. The van der Waals surface area contributed by atoms with Gasteiger partial charge < -0.3 is 9.84 Å². The third-order valence-corrected chi connectivity index (χ3v) is 11.7. The van der Waals surface area contributed by atoms with E-state index in [0.29, 0.717) is 28.6 Å². The molecule has 0 bridgehead atoms. The SMILES string of the molecule is C=CC.COC(=O)C12CCCC1C1CCC3C4(C)CCC(O)C(C)C4CCC3(C)C1CC2. The van der Waals surface area contributed by atoms with Crippen molar-refractivity contribution in [1.82, 2.24) is 0 Å². The minimum Gasteiger partial charge on any atom is -0.469 e. The number of carbonyl (C=O) groups excluding carboxylic acids is 1. The van der Waals surface area contributed by atoms with E-state index in [1.165, 1.54) is 51.4 Å². The van der Waals surface area contributed by atoms with Crippen molar-refractivity contribution in [3.8, 4) is 0 Å². The van der Waals surface area contributed by atoms with Crippen LogP contribution in [0.2, 0.25) is 0 Å². The Morgan fingerprint density at radius 2 is 1.56 bits per heavy atom. The van der Waals surface area contributed by atoms with E-state index in [0.717, 1.165) is 37.0 Å². The molecule has 0 radical (unpaired) electrons. The Morgan fingerprint density at radius 3 is 2.25 bits per heavy atom. The van der Waals surface area contributed by atoms with Crippen molar-refractivity contribution in [1.29, 1.82) is 0 Å². The number of hydrogen-bond donors (Lipinski definition) is 1. The van der Waals surface area contributed by atoms with Crippen LogP contribution in [-0.2, 0) is 9.53 Å². The zero-order chi connectivity index (χ0) is 23.3. The fourth-order valence-corrected chi connectivity index (χ4v) is 10.4. The Kier molecular flexibility index (Phi) is 6.64. The molecule has 0 aromatic rings. The van der Waals surface area contributed by atoms with Crippen LogP contribution in [0.3, 0.4) is 0 Å². The molecule has 0 aromatic carbocycles. The maximum absolute atomic E-state index is 12.9. The fraction of sp³-hybridized carbons (Fsp3) is 0.897. The highest BCUT2D eigenvalue weighted by molar-refractivity contribution is 5.77. The number of allylic oxidation sites excluding steroid dienone is 1. The highest BCUT2D eigenvalue weighted by Gasteiger charge is 2.66. The summed E-state index contributed by atoms with van der Waals surface area (Å²) in [6.07, 6.45) is 14.9. The van der Waals surface area contributed by atoms with Gasteiger partial charge in [0.1, 0.15) is 0 Å². The van der Waals surface area contributed by atoms with E-state index in [1.54, 1.807) is 13.2 Å². The van der Waals surface area contributed by atoms with E-state index >= 15 is 0 Å². The average molecular weight is 445 g/mol. The van der Waals surface area contributed by atoms with Gasteiger partial charge in [0.25, 0.3) is 0 Å². The maximum atomic E-state index is 12.9. The molecule has 5 fully saturated rings. The monoisotopic (exact) mass is 444 g/mol. The number of carbonyl (C=O) groups is 1. The van der Waals surface area contributed by atoms with Gasteiger partial charge in [0.15, 0.2) is 0 Å². The van der Waals surface area contributed by atoms with Crippen molar-refractivity contribution in [3.63, 3.8) is 0 Å². The van der Waals surface area contributed by atoms with Crippen LogP contribution in [0, 0.1) is 51.8 Å². The van der Waals surface area contributed by atoms with E-state index in [-0.39, 0.29) is 17.5 Å². The molecular formula is C29H48O3. The molecule has 182 valence electrons. The summed E-state index contributed by atoms with van der Waals surface area (Å²) in [4.78, 5) is 12.9.